The second-order valence-electron chi connectivity index (χ2n) is 6.51. The van der Waals surface area contributed by atoms with Gasteiger partial charge in [-0.3, -0.25) is 4.90 Å². The van der Waals surface area contributed by atoms with Gasteiger partial charge in [0, 0.05) is 18.2 Å². The molecule has 2 heterocycles. The molecule has 5 rings (SSSR count). The van der Waals surface area contributed by atoms with Gasteiger partial charge in [-0.25, -0.2) is 0 Å². The maximum absolute atomic E-state index is 9.98. The van der Waals surface area contributed by atoms with Gasteiger partial charge in [-0.1, -0.05) is 0 Å². The molecule has 2 aliphatic heterocycles. The fourth-order valence-corrected chi connectivity index (χ4v) is 4.13. The van der Waals surface area contributed by atoms with Crippen LogP contribution in [0.3, 0.4) is 0 Å². The van der Waals surface area contributed by atoms with Gasteiger partial charge in [0.15, 0.2) is 23.0 Å². The monoisotopic (exact) mass is 311 g/mol. The third-order valence-electron chi connectivity index (χ3n) is 5.27. The maximum Gasteiger partial charge on any atom is 0.231 e. The van der Waals surface area contributed by atoms with E-state index in [1.54, 1.807) is 12.1 Å². The molecule has 5 heteroatoms. The molecule has 1 atom stereocenters. The SMILES string of the molecule is CN1CCc2cc3c(c4c2[C@@H]1Cc1cc(O)c(O)cc1-4)OCO3. The molecule has 5 nitrogen and oxygen atoms in total. The number of hydrogen-bond donors (Lipinski definition) is 2. The molecule has 0 spiro atoms. The smallest absolute Gasteiger partial charge is 0.231 e. The van der Waals surface area contributed by atoms with Crippen molar-refractivity contribution in [3.05, 3.63) is 34.9 Å². The van der Waals surface area contributed by atoms with Crippen LogP contribution in [0.2, 0.25) is 0 Å². The predicted molar refractivity (Wildman–Crippen MR) is 84.1 cm³/mol. The topological polar surface area (TPSA) is 62.2 Å². The molecule has 0 fully saturated rings. The van der Waals surface area contributed by atoms with E-state index < -0.39 is 0 Å². The Morgan fingerprint density at radius 1 is 1.09 bits per heavy atom. The van der Waals surface area contributed by atoms with Crippen molar-refractivity contribution in [2.45, 2.75) is 18.9 Å². The van der Waals surface area contributed by atoms with E-state index in [1.807, 2.05) is 0 Å². The molecule has 0 saturated heterocycles. The van der Waals surface area contributed by atoms with Crippen molar-refractivity contribution in [2.24, 2.45) is 0 Å². The van der Waals surface area contributed by atoms with Crippen molar-refractivity contribution >= 4 is 0 Å². The van der Waals surface area contributed by atoms with Crippen LogP contribution in [0.5, 0.6) is 23.0 Å². The Hall–Kier alpha value is -2.40. The highest BCUT2D eigenvalue weighted by molar-refractivity contribution is 5.85. The maximum atomic E-state index is 9.98. The summed E-state index contributed by atoms with van der Waals surface area (Å²) in [4.78, 5) is 2.35. The van der Waals surface area contributed by atoms with Crippen molar-refractivity contribution in [2.75, 3.05) is 20.4 Å². The third kappa shape index (κ3) is 1.65. The number of phenols is 2. The summed E-state index contributed by atoms with van der Waals surface area (Å²) in [6.45, 7) is 1.22. The molecule has 23 heavy (non-hydrogen) atoms. The predicted octanol–water partition coefficient (Wildman–Crippen LogP) is 2.58. The zero-order valence-corrected chi connectivity index (χ0v) is 12.8. The molecule has 0 unspecified atom stereocenters. The Kier molecular flexibility index (Phi) is 2.46. The quantitative estimate of drug-likeness (QED) is 0.732. The molecule has 1 aliphatic carbocycles. The number of rotatable bonds is 0. The number of hydrogen-bond acceptors (Lipinski definition) is 5. The average Bonchev–Trinajstić information content (AvgIpc) is 3.00. The first kappa shape index (κ1) is 13.1. The Bertz CT molecular complexity index is 846. The molecular formula is C18H17NO4. The summed E-state index contributed by atoms with van der Waals surface area (Å²) in [7, 11) is 2.13. The zero-order chi connectivity index (χ0) is 15.7. The van der Waals surface area contributed by atoms with Gasteiger partial charge in [-0.05, 0) is 60.3 Å². The number of ether oxygens (including phenoxy) is 2. The lowest BCUT2D eigenvalue weighted by Gasteiger charge is -2.40. The van der Waals surface area contributed by atoms with Crippen LogP contribution in [0.15, 0.2) is 18.2 Å². The minimum atomic E-state index is -0.100. The highest BCUT2D eigenvalue weighted by Crippen LogP contribution is 2.54. The summed E-state index contributed by atoms with van der Waals surface area (Å²) in [6, 6.07) is 5.68. The lowest BCUT2D eigenvalue weighted by Crippen LogP contribution is -2.35. The van der Waals surface area contributed by atoms with Crippen LogP contribution >= 0.6 is 0 Å². The van der Waals surface area contributed by atoms with Crippen LogP contribution in [0.4, 0.5) is 0 Å². The fourth-order valence-electron chi connectivity index (χ4n) is 4.13. The van der Waals surface area contributed by atoms with Gasteiger partial charge in [0.25, 0.3) is 0 Å². The molecule has 2 aromatic carbocycles. The van der Waals surface area contributed by atoms with Gasteiger partial charge < -0.3 is 19.7 Å². The van der Waals surface area contributed by atoms with Crippen molar-refractivity contribution in [1.82, 2.24) is 4.90 Å². The second-order valence-corrected chi connectivity index (χ2v) is 6.51. The summed E-state index contributed by atoms with van der Waals surface area (Å²) < 4.78 is 11.4. The summed E-state index contributed by atoms with van der Waals surface area (Å²) in [5, 5.41) is 19.9. The van der Waals surface area contributed by atoms with Crippen LogP contribution in [-0.4, -0.2) is 35.5 Å². The number of benzene rings is 2. The van der Waals surface area contributed by atoms with Crippen molar-refractivity contribution in [3.63, 3.8) is 0 Å². The molecule has 118 valence electrons. The van der Waals surface area contributed by atoms with E-state index in [0.29, 0.717) is 0 Å². The van der Waals surface area contributed by atoms with Gasteiger partial charge in [-0.15, -0.1) is 0 Å². The van der Waals surface area contributed by atoms with Crippen LogP contribution in [-0.2, 0) is 12.8 Å². The highest BCUT2D eigenvalue weighted by Gasteiger charge is 2.37. The lowest BCUT2D eigenvalue weighted by atomic mass is 9.76. The van der Waals surface area contributed by atoms with E-state index in [4.69, 9.17) is 9.47 Å². The van der Waals surface area contributed by atoms with Gasteiger partial charge in [0.1, 0.15) is 0 Å². The Morgan fingerprint density at radius 3 is 2.78 bits per heavy atom. The Morgan fingerprint density at radius 2 is 1.91 bits per heavy atom. The average molecular weight is 311 g/mol. The molecule has 2 N–H and O–H groups in total. The van der Waals surface area contributed by atoms with Crippen LogP contribution in [0.1, 0.15) is 22.7 Å². The molecule has 0 saturated carbocycles. The fraction of sp³-hybridized carbons (Fsp3) is 0.333. The van der Waals surface area contributed by atoms with E-state index in [2.05, 4.69) is 18.0 Å². The van der Waals surface area contributed by atoms with Gasteiger partial charge in [0.2, 0.25) is 6.79 Å². The van der Waals surface area contributed by atoms with E-state index in [9.17, 15) is 10.2 Å². The number of likely N-dealkylation sites (N-methyl/N-ethyl adjacent to an activating group) is 1. The number of phenolic OH excluding ortho intramolecular Hbond substituents is 2. The molecule has 2 aromatic rings. The van der Waals surface area contributed by atoms with Crippen molar-refractivity contribution in [3.8, 4) is 34.1 Å². The molecule has 3 aliphatic rings. The van der Waals surface area contributed by atoms with Gasteiger partial charge in [-0.2, -0.15) is 0 Å². The third-order valence-corrected chi connectivity index (χ3v) is 5.27. The first-order valence-corrected chi connectivity index (χ1v) is 7.84. The highest BCUT2D eigenvalue weighted by atomic mass is 16.7. The minimum absolute atomic E-state index is 0.0735. The lowest BCUT2D eigenvalue weighted by molar-refractivity contribution is 0.174. The largest absolute Gasteiger partial charge is 0.504 e. The number of nitrogens with zero attached hydrogens (tertiary/aromatic N) is 1. The van der Waals surface area contributed by atoms with E-state index in [0.717, 1.165) is 47.6 Å². The standard InChI is InChI=1S/C18H17NO4/c1-19-3-2-9-6-15-18(23-8-22-15)17-11-7-14(21)13(20)5-10(11)4-12(19)16(9)17/h5-7,12,20-21H,2-4,8H2,1H3/t12-/m0/s1. The number of fused-ring (bicyclic) bond motifs is 4. The Balaban J connectivity index is 1.88. The van der Waals surface area contributed by atoms with Crippen LogP contribution in [0, 0.1) is 0 Å². The summed E-state index contributed by atoms with van der Waals surface area (Å²) in [5.74, 6) is 1.37. The molecule has 0 aromatic heterocycles. The van der Waals surface area contributed by atoms with Crippen molar-refractivity contribution < 1.29 is 19.7 Å². The van der Waals surface area contributed by atoms with Crippen LogP contribution < -0.4 is 9.47 Å². The van der Waals surface area contributed by atoms with Crippen molar-refractivity contribution in [1.29, 1.82) is 0 Å². The summed E-state index contributed by atoms with van der Waals surface area (Å²) >= 11 is 0. The first-order valence-electron chi connectivity index (χ1n) is 7.84. The summed E-state index contributed by atoms with van der Waals surface area (Å²) in [6.07, 6.45) is 1.80. The zero-order valence-electron chi connectivity index (χ0n) is 12.8. The van der Waals surface area contributed by atoms with E-state index >= 15 is 0 Å². The molecule has 0 amide bonds. The van der Waals surface area contributed by atoms with E-state index in [1.165, 1.54) is 11.1 Å². The molecular weight excluding hydrogens is 294 g/mol. The minimum Gasteiger partial charge on any atom is -0.504 e. The number of aromatic hydroxyl groups is 2. The van der Waals surface area contributed by atoms with Gasteiger partial charge >= 0.3 is 0 Å². The van der Waals surface area contributed by atoms with Gasteiger partial charge in [0.05, 0.1) is 0 Å². The van der Waals surface area contributed by atoms with Crippen LogP contribution in [0.25, 0.3) is 11.1 Å². The Labute approximate surface area is 133 Å². The molecule has 0 radical (unpaired) electrons. The first-order chi connectivity index (χ1) is 11.1. The molecule has 0 bridgehead atoms. The normalized spacial score (nSPS) is 21.0. The second kappa shape index (κ2) is 4.32. The van der Waals surface area contributed by atoms with E-state index in [-0.39, 0.29) is 24.3 Å². The summed E-state index contributed by atoms with van der Waals surface area (Å²) in [5.41, 5.74) is 5.56.